The molecule has 0 amide bonds. The van der Waals surface area contributed by atoms with Crippen LogP contribution in [0.1, 0.15) is 67.2 Å². The summed E-state index contributed by atoms with van der Waals surface area (Å²) >= 11 is 1.95. The second-order valence-corrected chi connectivity index (χ2v) is 17.8. The molecule has 0 bridgehead atoms. The molecule has 0 aromatic heterocycles. The SMILES string of the molecule is C[C@@H]1C[C@H]2[C@@H](C[C@H]1[Se][Se][C@@H]1C[C@@H]3[C@H](C[C@H]1C)C3(C)C)C2(C)C. The summed E-state index contributed by atoms with van der Waals surface area (Å²) < 4.78 is 0. The summed E-state index contributed by atoms with van der Waals surface area (Å²) in [6, 6.07) is 0. The maximum atomic E-state index is 2.58. The second kappa shape index (κ2) is 5.27. The monoisotopic (exact) mass is 434 g/mol. The van der Waals surface area contributed by atoms with Gasteiger partial charge in [-0.05, 0) is 0 Å². The molecule has 0 aliphatic heterocycles. The molecular weight excluding hydrogens is 398 g/mol. The van der Waals surface area contributed by atoms with E-state index in [2.05, 4.69) is 41.5 Å². The van der Waals surface area contributed by atoms with Crippen LogP contribution in [-0.4, -0.2) is 26.3 Å². The Morgan fingerprint density at radius 3 is 1.27 bits per heavy atom. The molecule has 2 heteroatoms. The molecule has 4 aliphatic rings. The molecule has 0 aromatic rings. The molecule has 22 heavy (non-hydrogen) atoms. The summed E-state index contributed by atoms with van der Waals surface area (Å²) in [5.74, 6) is 6.44. The number of hydrogen-bond donors (Lipinski definition) is 0. The van der Waals surface area contributed by atoms with Gasteiger partial charge in [-0.2, -0.15) is 0 Å². The zero-order valence-electron chi connectivity index (χ0n) is 15.3. The Kier molecular flexibility index (Phi) is 3.95. The van der Waals surface area contributed by atoms with Gasteiger partial charge in [0, 0.05) is 0 Å². The minimum absolute atomic E-state index is 0.704. The van der Waals surface area contributed by atoms with E-state index < -0.39 is 0 Å². The molecule has 4 fully saturated rings. The van der Waals surface area contributed by atoms with Gasteiger partial charge in [0.25, 0.3) is 0 Å². The first-order valence-electron chi connectivity index (χ1n) is 9.55. The number of rotatable bonds is 3. The predicted octanol–water partition coefficient (Wildman–Crippen LogP) is 5.29. The Morgan fingerprint density at radius 1 is 0.591 bits per heavy atom. The fourth-order valence-electron chi connectivity index (χ4n) is 6.07. The molecular formula is C20H34Se2. The third kappa shape index (κ3) is 2.51. The molecule has 0 heterocycles. The molecule has 0 aromatic carbocycles. The number of hydrogen-bond acceptors (Lipinski definition) is 0. The van der Waals surface area contributed by atoms with Crippen molar-refractivity contribution in [3.63, 3.8) is 0 Å². The van der Waals surface area contributed by atoms with E-state index in [0.29, 0.717) is 10.8 Å². The van der Waals surface area contributed by atoms with Crippen molar-refractivity contribution in [3.05, 3.63) is 0 Å². The first-order valence-corrected chi connectivity index (χ1v) is 15.9. The molecule has 4 aliphatic carbocycles. The van der Waals surface area contributed by atoms with Gasteiger partial charge in [-0.3, -0.25) is 0 Å². The van der Waals surface area contributed by atoms with Crippen LogP contribution < -0.4 is 0 Å². The van der Waals surface area contributed by atoms with Crippen molar-refractivity contribution < 1.29 is 0 Å². The Bertz CT molecular complexity index is 413. The van der Waals surface area contributed by atoms with Crippen LogP contribution in [0.5, 0.6) is 0 Å². The van der Waals surface area contributed by atoms with Crippen molar-refractivity contribution >= 4 is 26.3 Å². The Balaban J connectivity index is 1.31. The quantitative estimate of drug-likeness (QED) is 0.532. The minimum atomic E-state index is 0.704. The average molecular weight is 432 g/mol. The van der Waals surface area contributed by atoms with Gasteiger partial charge in [0.2, 0.25) is 0 Å². The van der Waals surface area contributed by atoms with Crippen LogP contribution in [0.2, 0.25) is 9.63 Å². The summed E-state index contributed by atoms with van der Waals surface area (Å²) in [6.07, 6.45) is 6.30. The summed E-state index contributed by atoms with van der Waals surface area (Å²) in [5.41, 5.74) is 1.41. The average Bonchev–Trinajstić information content (AvgIpc) is 3.18. The van der Waals surface area contributed by atoms with Gasteiger partial charge in [0.05, 0.1) is 0 Å². The van der Waals surface area contributed by atoms with E-state index in [1.807, 2.05) is 0 Å². The van der Waals surface area contributed by atoms with Gasteiger partial charge < -0.3 is 0 Å². The van der Waals surface area contributed by atoms with Crippen molar-refractivity contribution in [1.82, 2.24) is 0 Å². The van der Waals surface area contributed by atoms with Crippen LogP contribution in [0.3, 0.4) is 0 Å². The van der Waals surface area contributed by atoms with E-state index in [-0.39, 0.29) is 0 Å². The third-order valence-corrected chi connectivity index (χ3v) is 19.0. The van der Waals surface area contributed by atoms with Crippen molar-refractivity contribution in [3.8, 4) is 0 Å². The molecule has 0 saturated heterocycles. The van der Waals surface area contributed by atoms with Crippen LogP contribution in [-0.2, 0) is 0 Å². The zero-order chi connectivity index (χ0) is 15.9. The number of fused-ring (bicyclic) bond motifs is 2. The fourth-order valence-corrected chi connectivity index (χ4v) is 18.1. The van der Waals surface area contributed by atoms with E-state index in [0.717, 1.165) is 71.4 Å². The normalized spacial score (nSPS) is 54.3. The molecule has 0 N–H and O–H groups in total. The van der Waals surface area contributed by atoms with E-state index in [1.165, 1.54) is 0 Å². The summed E-state index contributed by atoms with van der Waals surface area (Å²) in [4.78, 5) is 2.26. The van der Waals surface area contributed by atoms with Crippen LogP contribution in [0.15, 0.2) is 0 Å². The predicted molar refractivity (Wildman–Crippen MR) is 97.3 cm³/mol. The van der Waals surface area contributed by atoms with Crippen molar-refractivity contribution in [1.29, 1.82) is 0 Å². The topological polar surface area (TPSA) is 0 Å². The van der Waals surface area contributed by atoms with E-state index in [4.69, 9.17) is 0 Å². The van der Waals surface area contributed by atoms with Crippen LogP contribution in [0.4, 0.5) is 0 Å². The molecule has 0 unspecified atom stereocenters. The maximum absolute atomic E-state index is 2.58. The van der Waals surface area contributed by atoms with E-state index >= 15 is 0 Å². The van der Waals surface area contributed by atoms with Gasteiger partial charge >= 0.3 is 149 Å². The molecule has 4 saturated carbocycles. The summed E-state index contributed by atoms with van der Waals surface area (Å²) in [6.45, 7) is 15.3. The molecule has 0 nitrogen and oxygen atoms in total. The Hall–Kier alpha value is 1.04. The molecule has 126 valence electrons. The van der Waals surface area contributed by atoms with Crippen LogP contribution in [0, 0.1) is 46.3 Å². The molecule has 0 spiro atoms. The van der Waals surface area contributed by atoms with E-state index in [1.54, 1.807) is 25.7 Å². The van der Waals surface area contributed by atoms with Gasteiger partial charge in [-0.15, -0.1) is 0 Å². The van der Waals surface area contributed by atoms with Crippen molar-refractivity contribution in [2.24, 2.45) is 46.3 Å². The van der Waals surface area contributed by atoms with Crippen molar-refractivity contribution in [2.75, 3.05) is 0 Å². The standard InChI is InChI=1S/C20H34Se2/c1-11-7-13-15(19(13,3)4)9-17(11)21-22-18-10-16-14(8-12(18)2)20(16,5)6/h11-18H,7-10H2,1-6H3/t11-,12-,13+,14+,15-,16-,17-,18-/m1/s1. The first kappa shape index (κ1) is 16.5. The first-order chi connectivity index (χ1) is 10.2. The molecule has 4 rings (SSSR count). The van der Waals surface area contributed by atoms with Crippen LogP contribution >= 0.6 is 0 Å². The van der Waals surface area contributed by atoms with Gasteiger partial charge in [0.1, 0.15) is 0 Å². The summed E-state index contributed by atoms with van der Waals surface area (Å²) in [5, 5.41) is 0. The molecule has 0 radical (unpaired) electrons. The third-order valence-electron chi connectivity index (χ3n) is 8.37. The van der Waals surface area contributed by atoms with Gasteiger partial charge in [0.15, 0.2) is 0 Å². The van der Waals surface area contributed by atoms with E-state index in [9.17, 15) is 0 Å². The van der Waals surface area contributed by atoms with Gasteiger partial charge in [-0.1, -0.05) is 0 Å². The molecule has 8 atom stereocenters. The van der Waals surface area contributed by atoms with Gasteiger partial charge in [-0.25, -0.2) is 0 Å². The Morgan fingerprint density at radius 2 is 0.909 bits per heavy atom. The second-order valence-electron chi connectivity index (χ2n) is 10.2. The zero-order valence-corrected chi connectivity index (χ0v) is 18.7. The Labute approximate surface area is 149 Å². The summed E-state index contributed by atoms with van der Waals surface area (Å²) in [7, 11) is 0. The fraction of sp³-hybridized carbons (Fsp3) is 1.00. The van der Waals surface area contributed by atoms with Crippen molar-refractivity contribution in [2.45, 2.75) is 76.9 Å². The van der Waals surface area contributed by atoms with Crippen LogP contribution in [0.25, 0.3) is 0 Å².